The molecule has 94 valence electrons. The van der Waals surface area contributed by atoms with Crippen molar-refractivity contribution >= 4 is 11.8 Å². The second-order valence-corrected chi connectivity index (χ2v) is 5.08. The van der Waals surface area contributed by atoms with Crippen LogP contribution in [0.15, 0.2) is 23.4 Å². The Bertz CT molecular complexity index is 610. The van der Waals surface area contributed by atoms with Crippen molar-refractivity contribution in [1.29, 1.82) is 0 Å². The highest BCUT2D eigenvalue weighted by molar-refractivity contribution is 7.99. The third-order valence-corrected chi connectivity index (χ3v) is 3.92. The first kappa shape index (κ1) is 11.7. The maximum absolute atomic E-state index is 13.8. The molecule has 1 aliphatic heterocycles. The van der Waals surface area contributed by atoms with E-state index in [-0.39, 0.29) is 12.1 Å². The third-order valence-electron chi connectivity index (χ3n) is 2.96. The molecule has 0 aliphatic carbocycles. The molecular formula is C12H11F2N3S. The van der Waals surface area contributed by atoms with Gasteiger partial charge >= 0.3 is 0 Å². The van der Waals surface area contributed by atoms with Crippen molar-refractivity contribution in [3.63, 3.8) is 0 Å². The zero-order valence-corrected chi connectivity index (χ0v) is 10.3. The van der Waals surface area contributed by atoms with Crippen LogP contribution in [0.4, 0.5) is 8.78 Å². The van der Waals surface area contributed by atoms with E-state index in [0.29, 0.717) is 5.69 Å². The average Bonchev–Trinajstić information content (AvgIpc) is 2.91. The molecule has 0 unspecified atom stereocenters. The first-order valence-electron chi connectivity index (χ1n) is 5.58. The zero-order chi connectivity index (χ0) is 12.7. The molecule has 1 aromatic carbocycles. The van der Waals surface area contributed by atoms with Gasteiger partial charge in [-0.25, -0.2) is 13.8 Å². The third kappa shape index (κ3) is 1.72. The number of nitrogens with zero attached hydrogens (tertiary/aromatic N) is 2. The largest absolute Gasteiger partial charge is 0.325 e. The van der Waals surface area contributed by atoms with Crippen LogP contribution in [0.2, 0.25) is 0 Å². The number of hydrogen-bond donors (Lipinski definition) is 1. The van der Waals surface area contributed by atoms with E-state index in [1.54, 1.807) is 11.8 Å². The minimum absolute atomic E-state index is 0.179. The molecule has 0 bridgehead atoms. The van der Waals surface area contributed by atoms with Crippen LogP contribution in [0.5, 0.6) is 0 Å². The topological polar surface area (TPSA) is 43.8 Å². The average molecular weight is 267 g/mol. The lowest BCUT2D eigenvalue weighted by atomic mass is 10.1. The van der Waals surface area contributed by atoms with Crippen LogP contribution < -0.4 is 5.73 Å². The molecule has 3 nitrogen and oxygen atoms in total. The van der Waals surface area contributed by atoms with Crippen molar-refractivity contribution in [2.45, 2.75) is 18.2 Å². The molecule has 1 aromatic heterocycles. The molecule has 2 heterocycles. The molecule has 0 fully saturated rings. The summed E-state index contributed by atoms with van der Waals surface area (Å²) in [5, 5.41) is 0.828. The molecule has 0 saturated carbocycles. The number of aromatic nitrogens is 2. The number of nitrogens with two attached hydrogens (primary N) is 1. The molecule has 0 amide bonds. The van der Waals surface area contributed by atoms with Crippen molar-refractivity contribution in [2.75, 3.05) is 5.75 Å². The Morgan fingerprint density at radius 1 is 1.39 bits per heavy atom. The normalized spacial score (nSPS) is 13.9. The monoisotopic (exact) mass is 267 g/mol. The summed E-state index contributed by atoms with van der Waals surface area (Å²) in [7, 11) is 0. The Hall–Kier alpha value is -1.40. The summed E-state index contributed by atoms with van der Waals surface area (Å²) in [5.74, 6) is -0.00982. The van der Waals surface area contributed by atoms with Gasteiger partial charge < -0.3 is 10.3 Å². The van der Waals surface area contributed by atoms with Gasteiger partial charge in [0.2, 0.25) is 0 Å². The maximum atomic E-state index is 13.8. The lowest BCUT2D eigenvalue weighted by molar-refractivity contribution is 0.602. The molecule has 2 aromatic rings. The van der Waals surface area contributed by atoms with E-state index in [1.807, 2.05) is 4.57 Å². The van der Waals surface area contributed by atoms with Crippen LogP contribution >= 0.6 is 11.8 Å². The summed E-state index contributed by atoms with van der Waals surface area (Å²) in [6, 6.07) is 3.37. The van der Waals surface area contributed by atoms with Gasteiger partial charge in [-0.15, -0.1) is 0 Å². The van der Waals surface area contributed by atoms with Gasteiger partial charge in [0.1, 0.15) is 11.6 Å². The van der Waals surface area contributed by atoms with Crippen molar-refractivity contribution in [3.8, 4) is 11.3 Å². The van der Waals surface area contributed by atoms with Crippen molar-refractivity contribution in [2.24, 2.45) is 5.73 Å². The molecule has 1 aliphatic rings. The van der Waals surface area contributed by atoms with Crippen LogP contribution in [0.1, 0.15) is 5.69 Å². The Balaban J connectivity index is 2.20. The molecule has 0 saturated heterocycles. The van der Waals surface area contributed by atoms with Gasteiger partial charge in [-0.05, 0) is 18.2 Å². The fourth-order valence-electron chi connectivity index (χ4n) is 2.13. The Morgan fingerprint density at radius 3 is 3.00 bits per heavy atom. The van der Waals surface area contributed by atoms with Gasteiger partial charge in [0.15, 0.2) is 5.16 Å². The van der Waals surface area contributed by atoms with E-state index in [1.165, 1.54) is 0 Å². The SMILES string of the molecule is NCc1c(-c2cc(F)ccc2F)nc2n1CCS2. The van der Waals surface area contributed by atoms with E-state index >= 15 is 0 Å². The van der Waals surface area contributed by atoms with Gasteiger partial charge in [0.25, 0.3) is 0 Å². The number of benzene rings is 1. The quantitative estimate of drug-likeness (QED) is 0.908. The van der Waals surface area contributed by atoms with Gasteiger partial charge in [0.05, 0.1) is 11.4 Å². The van der Waals surface area contributed by atoms with Crippen LogP contribution in [0.3, 0.4) is 0 Å². The lowest BCUT2D eigenvalue weighted by Crippen LogP contribution is -2.07. The number of halogens is 2. The molecular weight excluding hydrogens is 256 g/mol. The summed E-state index contributed by atoms with van der Waals surface area (Å²) >= 11 is 1.60. The predicted octanol–water partition coefficient (Wildman–Crippen LogP) is 2.39. The Kier molecular flexibility index (Phi) is 2.83. The molecule has 0 radical (unpaired) electrons. The number of fused-ring (bicyclic) bond motifs is 1. The number of rotatable bonds is 2. The maximum Gasteiger partial charge on any atom is 0.168 e. The van der Waals surface area contributed by atoms with Crippen LogP contribution in [-0.2, 0) is 13.1 Å². The van der Waals surface area contributed by atoms with Crippen LogP contribution in [-0.4, -0.2) is 15.3 Å². The molecule has 6 heteroatoms. The highest BCUT2D eigenvalue weighted by Gasteiger charge is 2.23. The second-order valence-electron chi connectivity index (χ2n) is 4.02. The van der Waals surface area contributed by atoms with Crippen molar-refractivity contribution < 1.29 is 8.78 Å². The predicted molar refractivity (Wildman–Crippen MR) is 66.2 cm³/mol. The summed E-state index contributed by atoms with van der Waals surface area (Å²) < 4.78 is 29.0. The smallest absolute Gasteiger partial charge is 0.168 e. The van der Waals surface area contributed by atoms with E-state index in [4.69, 9.17) is 5.73 Å². The first-order chi connectivity index (χ1) is 8.70. The second kappa shape index (κ2) is 4.37. The van der Waals surface area contributed by atoms with Gasteiger partial charge in [-0.1, -0.05) is 11.8 Å². The minimum atomic E-state index is -0.479. The standard InChI is InChI=1S/C12H11F2N3S/c13-7-1-2-9(14)8(5-7)11-10(6-15)17-3-4-18-12(17)16-11/h1-2,5H,3-4,6,15H2. The van der Waals surface area contributed by atoms with E-state index < -0.39 is 11.6 Å². The highest BCUT2D eigenvalue weighted by Crippen LogP contribution is 2.34. The van der Waals surface area contributed by atoms with E-state index in [9.17, 15) is 8.78 Å². The summed E-state index contributed by atoms with van der Waals surface area (Å²) in [6.07, 6.45) is 0. The van der Waals surface area contributed by atoms with E-state index in [2.05, 4.69) is 4.98 Å². The summed E-state index contributed by atoms with van der Waals surface area (Å²) in [5.41, 5.74) is 7.10. The Morgan fingerprint density at radius 2 is 2.22 bits per heavy atom. The summed E-state index contributed by atoms with van der Waals surface area (Å²) in [6.45, 7) is 1.08. The molecule has 3 rings (SSSR count). The fourth-order valence-corrected chi connectivity index (χ4v) is 3.10. The van der Waals surface area contributed by atoms with Crippen molar-refractivity contribution in [3.05, 3.63) is 35.5 Å². The summed E-state index contributed by atoms with van der Waals surface area (Å²) in [4.78, 5) is 4.37. The molecule has 0 spiro atoms. The number of thioether (sulfide) groups is 1. The van der Waals surface area contributed by atoms with E-state index in [0.717, 1.165) is 41.3 Å². The molecule has 2 N–H and O–H groups in total. The highest BCUT2D eigenvalue weighted by atomic mass is 32.2. The number of imidazole rings is 1. The van der Waals surface area contributed by atoms with Crippen molar-refractivity contribution in [1.82, 2.24) is 9.55 Å². The first-order valence-corrected chi connectivity index (χ1v) is 6.57. The Labute approximate surface area is 107 Å². The van der Waals surface area contributed by atoms with Gasteiger partial charge in [-0.3, -0.25) is 0 Å². The van der Waals surface area contributed by atoms with Gasteiger partial charge in [-0.2, -0.15) is 0 Å². The fraction of sp³-hybridized carbons (Fsp3) is 0.250. The van der Waals surface area contributed by atoms with Gasteiger partial charge in [0, 0.05) is 24.4 Å². The number of hydrogen-bond acceptors (Lipinski definition) is 3. The molecule has 0 atom stereocenters. The van der Waals surface area contributed by atoms with Crippen LogP contribution in [0.25, 0.3) is 11.3 Å². The minimum Gasteiger partial charge on any atom is -0.325 e. The van der Waals surface area contributed by atoms with Crippen LogP contribution in [0, 0.1) is 11.6 Å². The molecule has 18 heavy (non-hydrogen) atoms. The zero-order valence-electron chi connectivity index (χ0n) is 9.49. The lowest BCUT2D eigenvalue weighted by Gasteiger charge is -2.06.